The molecule has 0 aliphatic heterocycles. The van der Waals surface area contributed by atoms with Crippen molar-refractivity contribution in [3.63, 3.8) is 0 Å². The molecule has 3 nitrogen and oxygen atoms in total. The summed E-state index contributed by atoms with van der Waals surface area (Å²) in [6, 6.07) is 92.3. The van der Waals surface area contributed by atoms with Crippen molar-refractivity contribution in [1.82, 2.24) is 13.7 Å². The van der Waals surface area contributed by atoms with Crippen molar-refractivity contribution in [2.45, 2.75) is 0 Å². The van der Waals surface area contributed by atoms with Crippen LogP contribution in [0.25, 0.3) is 82.5 Å². The summed E-state index contributed by atoms with van der Waals surface area (Å²) in [6.45, 7) is 0. The van der Waals surface area contributed by atoms with E-state index in [0.29, 0.717) is 0 Å². The molecule has 0 aliphatic carbocycles. The van der Waals surface area contributed by atoms with Gasteiger partial charge in [0.05, 0.1) is 33.1 Å². The molecule has 300 valence electrons. The lowest BCUT2D eigenvalue weighted by Crippen LogP contribution is -2.75. The second kappa shape index (κ2) is 14.5. The minimum Gasteiger partial charge on any atom is -0.309 e. The van der Waals surface area contributed by atoms with Gasteiger partial charge in [0.1, 0.15) is 0 Å². The quantitative estimate of drug-likeness (QED) is 0.112. The van der Waals surface area contributed by atoms with Gasteiger partial charge in [-0.3, -0.25) is 0 Å². The van der Waals surface area contributed by atoms with Crippen LogP contribution in [0, 0.1) is 0 Å². The number of rotatable bonds is 7. The molecule has 10 aromatic carbocycles. The number of nitrogens with zero attached hydrogens (tertiary/aromatic N) is 3. The Hall–Kier alpha value is -8.18. The Bertz CT molecular complexity index is 3730. The first-order valence-corrected chi connectivity index (χ1v) is 24.1. The average molecular weight is 832 g/mol. The van der Waals surface area contributed by atoms with Crippen LogP contribution in [0.3, 0.4) is 0 Å². The zero-order valence-corrected chi connectivity index (χ0v) is 36.0. The molecule has 0 bridgehead atoms. The van der Waals surface area contributed by atoms with Crippen molar-refractivity contribution < 1.29 is 0 Å². The Morgan fingerprint density at radius 3 is 1.22 bits per heavy atom. The number of benzene rings is 10. The Morgan fingerprint density at radius 2 is 0.641 bits per heavy atom. The highest BCUT2D eigenvalue weighted by atomic mass is 28.3. The third-order valence-electron chi connectivity index (χ3n) is 13.6. The molecule has 0 saturated heterocycles. The molecule has 13 rings (SSSR count). The smallest absolute Gasteiger partial charge is 0.181 e. The summed E-state index contributed by atoms with van der Waals surface area (Å²) in [7, 11) is -2.93. The van der Waals surface area contributed by atoms with Crippen LogP contribution in [-0.2, 0) is 0 Å². The van der Waals surface area contributed by atoms with Crippen LogP contribution >= 0.6 is 0 Å². The maximum Gasteiger partial charge on any atom is 0.181 e. The third-order valence-corrected chi connectivity index (χ3v) is 18.4. The lowest BCUT2D eigenvalue weighted by atomic mass is 10.1. The van der Waals surface area contributed by atoms with Gasteiger partial charge in [0.25, 0.3) is 0 Å². The summed E-state index contributed by atoms with van der Waals surface area (Å²) in [5, 5.41) is 12.9. The summed E-state index contributed by atoms with van der Waals surface area (Å²) in [5.41, 5.74) is 10.6. The van der Waals surface area contributed by atoms with Gasteiger partial charge in [0.15, 0.2) is 8.07 Å². The molecular weight excluding hydrogens is 791 g/mol. The van der Waals surface area contributed by atoms with Crippen LogP contribution in [0.5, 0.6) is 0 Å². The van der Waals surface area contributed by atoms with Crippen molar-refractivity contribution in [2.24, 2.45) is 0 Å². The molecule has 0 N–H and O–H groups in total. The van der Waals surface area contributed by atoms with Gasteiger partial charge in [0.2, 0.25) is 0 Å². The predicted octanol–water partition coefficient (Wildman–Crippen LogP) is 12.4. The molecular formula is C60H41N3Si. The first kappa shape index (κ1) is 36.5. The molecule has 3 aromatic heterocycles. The van der Waals surface area contributed by atoms with Crippen LogP contribution in [0.15, 0.2) is 249 Å². The van der Waals surface area contributed by atoms with Crippen molar-refractivity contribution in [1.29, 1.82) is 0 Å². The molecule has 13 aromatic rings. The van der Waals surface area contributed by atoms with Gasteiger partial charge in [-0.15, -0.1) is 0 Å². The van der Waals surface area contributed by atoms with Gasteiger partial charge in [-0.05, 0) is 81.4 Å². The summed E-state index contributed by atoms with van der Waals surface area (Å²) in [4.78, 5) is 0. The largest absolute Gasteiger partial charge is 0.309 e. The minimum atomic E-state index is -2.93. The second-order valence-electron chi connectivity index (χ2n) is 16.8. The topological polar surface area (TPSA) is 14.8 Å². The molecule has 0 aliphatic rings. The second-order valence-corrected chi connectivity index (χ2v) is 20.6. The van der Waals surface area contributed by atoms with Gasteiger partial charge in [-0.25, -0.2) is 0 Å². The zero-order valence-electron chi connectivity index (χ0n) is 35.0. The predicted molar refractivity (Wildman–Crippen MR) is 273 cm³/mol. The molecule has 0 atom stereocenters. The normalized spacial score (nSPS) is 12.1. The molecule has 3 heterocycles. The molecule has 4 heteroatoms. The average Bonchev–Trinajstić information content (AvgIpc) is 4.01. The van der Waals surface area contributed by atoms with E-state index >= 15 is 0 Å². The summed E-state index contributed by atoms with van der Waals surface area (Å²) in [6.07, 6.45) is 0. The fourth-order valence-electron chi connectivity index (χ4n) is 11.0. The first-order valence-electron chi connectivity index (χ1n) is 22.1. The van der Waals surface area contributed by atoms with E-state index in [-0.39, 0.29) is 0 Å². The molecule has 0 spiro atoms. The van der Waals surface area contributed by atoms with Gasteiger partial charge in [-0.2, -0.15) is 0 Å². The lowest BCUT2D eigenvalue weighted by molar-refractivity contribution is 1.15. The van der Waals surface area contributed by atoms with Gasteiger partial charge in [-0.1, -0.05) is 188 Å². The monoisotopic (exact) mass is 831 g/mol. The lowest BCUT2D eigenvalue weighted by Gasteiger charge is -2.35. The molecule has 0 saturated carbocycles. The molecule has 0 amide bonds. The maximum absolute atomic E-state index is 2.93. The van der Waals surface area contributed by atoms with Crippen LogP contribution in [0.1, 0.15) is 0 Å². The van der Waals surface area contributed by atoms with E-state index in [4.69, 9.17) is 0 Å². The van der Waals surface area contributed by atoms with E-state index in [1.165, 1.54) is 86.2 Å². The van der Waals surface area contributed by atoms with Crippen molar-refractivity contribution >= 4 is 94.2 Å². The standard InChI is InChI=1S/C60H41N3Si/c1-5-20-42(21-6-1)61-57-39-37-43(40-53(57)51-38-36-44(41-58(51)61)62-54-32-16-13-28-48(54)49-29-14-17-33-55(49)62)63-56-34-18-15-30-50(56)52-31-19-35-59(60(52)63)64(45-22-7-2-8-23-45,46-24-9-3-10-25-46)47-26-11-4-12-27-47/h1-41H. The van der Waals surface area contributed by atoms with Crippen molar-refractivity contribution in [3.05, 3.63) is 249 Å². The highest BCUT2D eigenvalue weighted by molar-refractivity contribution is 7.20. The number of fused-ring (bicyclic) bond motifs is 9. The van der Waals surface area contributed by atoms with E-state index in [1.807, 2.05) is 0 Å². The summed E-state index contributed by atoms with van der Waals surface area (Å²) >= 11 is 0. The zero-order chi connectivity index (χ0) is 42.2. The number of hydrogen-bond donors (Lipinski definition) is 0. The molecule has 0 fully saturated rings. The number of para-hydroxylation sites is 5. The Kier molecular flexibility index (Phi) is 8.23. The van der Waals surface area contributed by atoms with Crippen LogP contribution in [0.2, 0.25) is 0 Å². The van der Waals surface area contributed by atoms with Crippen LogP contribution < -0.4 is 20.7 Å². The van der Waals surface area contributed by atoms with E-state index < -0.39 is 8.07 Å². The maximum atomic E-state index is 2.56. The molecule has 0 radical (unpaired) electrons. The van der Waals surface area contributed by atoms with Gasteiger partial charge < -0.3 is 13.7 Å². The highest BCUT2D eigenvalue weighted by Gasteiger charge is 2.43. The van der Waals surface area contributed by atoms with E-state index in [2.05, 4.69) is 262 Å². The first-order chi connectivity index (χ1) is 31.8. The van der Waals surface area contributed by atoms with E-state index in [9.17, 15) is 0 Å². The van der Waals surface area contributed by atoms with E-state index in [0.717, 1.165) is 17.1 Å². The van der Waals surface area contributed by atoms with Crippen molar-refractivity contribution in [2.75, 3.05) is 0 Å². The Balaban J connectivity index is 1.12. The molecule has 64 heavy (non-hydrogen) atoms. The fourth-order valence-corrected chi connectivity index (χ4v) is 15.9. The number of aromatic nitrogens is 3. The highest BCUT2D eigenvalue weighted by Crippen LogP contribution is 2.39. The van der Waals surface area contributed by atoms with Gasteiger partial charge >= 0.3 is 0 Å². The van der Waals surface area contributed by atoms with Crippen LogP contribution in [0.4, 0.5) is 0 Å². The summed E-state index contributed by atoms with van der Waals surface area (Å²) in [5.74, 6) is 0. The minimum absolute atomic E-state index is 1.14. The van der Waals surface area contributed by atoms with Crippen molar-refractivity contribution in [3.8, 4) is 17.1 Å². The summed E-state index contributed by atoms with van der Waals surface area (Å²) < 4.78 is 7.43. The van der Waals surface area contributed by atoms with E-state index in [1.54, 1.807) is 0 Å². The number of hydrogen-bond acceptors (Lipinski definition) is 0. The van der Waals surface area contributed by atoms with Crippen LogP contribution in [-0.4, -0.2) is 21.8 Å². The Morgan fingerprint density at radius 1 is 0.234 bits per heavy atom. The Labute approximate surface area is 372 Å². The van der Waals surface area contributed by atoms with Gasteiger partial charge in [0, 0.05) is 49.4 Å². The third kappa shape index (κ3) is 5.27. The fraction of sp³-hybridized carbons (Fsp3) is 0. The molecule has 0 unspecified atom stereocenters. The SMILES string of the molecule is c1ccc(-n2c3ccc(-n4c5ccccc5c5cccc([Si](c6ccccc6)(c6ccccc6)c6ccccc6)c54)cc3c3ccc(-n4c5ccccc5c5ccccc54)cc32)cc1.